The van der Waals surface area contributed by atoms with Crippen LogP contribution >= 0.6 is 23.2 Å². The third-order valence-electron chi connectivity index (χ3n) is 10.4. The summed E-state index contributed by atoms with van der Waals surface area (Å²) in [5, 5.41) is 20.2. The third-order valence-corrected chi connectivity index (χ3v) is 11.3. The van der Waals surface area contributed by atoms with Gasteiger partial charge in [-0.3, -0.25) is 9.48 Å². The van der Waals surface area contributed by atoms with Crippen molar-refractivity contribution in [2.45, 2.75) is 53.5 Å². The summed E-state index contributed by atoms with van der Waals surface area (Å²) >= 11 is 13.5. The minimum atomic E-state index is -0.0786. The van der Waals surface area contributed by atoms with Crippen LogP contribution in [0, 0.1) is 27.7 Å². The zero-order chi connectivity index (χ0) is 36.6. The SMILES string of the molecule is Cc1cc(OCCCc2c3n(c4c(-c5c(C)nn(C)c5C)c(Cl)ccc24)[C@H](C)CN(c2cn(C)c4ccc(-n5ncnn5)cc24)C3=O)cc(C)c1Cl. The molecule has 11 nitrogen and oxygen atoms in total. The summed E-state index contributed by atoms with van der Waals surface area (Å²) in [5.74, 6) is 0.722. The minimum Gasteiger partial charge on any atom is -0.494 e. The predicted molar refractivity (Wildman–Crippen MR) is 205 cm³/mol. The van der Waals surface area contributed by atoms with Crippen molar-refractivity contribution in [3.63, 3.8) is 0 Å². The second kappa shape index (κ2) is 12.8. The fraction of sp³-hybridized carbons (Fsp3) is 0.308. The zero-order valence-electron chi connectivity index (χ0n) is 30.2. The summed E-state index contributed by atoms with van der Waals surface area (Å²) in [6, 6.07) is 13.9. The van der Waals surface area contributed by atoms with E-state index in [1.807, 2.05) is 87.0 Å². The molecule has 3 aromatic carbocycles. The van der Waals surface area contributed by atoms with Crippen LogP contribution in [0.4, 0.5) is 5.69 Å². The number of hydrogen-bond acceptors (Lipinski definition) is 6. The molecule has 1 atom stereocenters. The number of anilines is 1. The van der Waals surface area contributed by atoms with Crippen molar-refractivity contribution in [2.24, 2.45) is 14.1 Å². The normalized spacial score (nSPS) is 14.6. The molecule has 0 bridgehead atoms. The molecular weight excluding hydrogens is 697 g/mol. The van der Waals surface area contributed by atoms with Gasteiger partial charge in [0, 0.05) is 65.5 Å². The molecule has 0 spiro atoms. The number of aryl methyl sites for hydroxylation is 6. The van der Waals surface area contributed by atoms with Crippen molar-refractivity contribution in [1.82, 2.24) is 39.1 Å². The number of tetrazole rings is 1. The zero-order valence-corrected chi connectivity index (χ0v) is 31.7. The molecule has 0 saturated carbocycles. The second-order valence-electron chi connectivity index (χ2n) is 13.8. The molecule has 0 aliphatic carbocycles. The summed E-state index contributed by atoms with van der Waals surface area (Å²) in [6.45, 7) is 11.1. The van der Waals surface area contributed by atoms with E-state index in [1.165, 1.54) is 11.1 Å². The Balaban J connectivity index is 1.26. The highest BCUT2D eigenvalue weighted by molar-refractivity contribution is 6.35. The molecule has 1 amide bonds. The number of amides is 1. The molecule has 266 valence electrons. The van der Waals surface area contributed by atoms with Gasteiger partial charge in [-0.2, -0.15) is 5.10 Å². The van der Waals surface area contributed by atoms with Crippen LogP contribution in [0.5, 0.6) is 5.75 Å². The Labute approximate surface area is 311 Å². The average molecular weight is 737 g/mol. The van der Waals surface area contributed by atoms with Gasteiger partial charge in [0.2, 0.25) is 0 Å². The van der Waals surface area contributed by atoms with E-state index in [1.54, 1.807) is 0 Å². The second-order valence-corrected chi connectivity index (χ2v) is 14.6. The smallest absolute Gasteiger partial charge is 0.275 e. The number of rotatable bonds is 8. The van der Waals surface area contributed by atoms with Gasteiger partial charge in [0.25, 0.3) is 5.91 Å². The molecule has 0 N–H and O–H groups in total. The van der Waals surface area contributed by atoms with Crippen molar-refractivity contribution in [3.8, 4) is 22.6 Å². The fourth-order valence-electron chi connectivity index (χ4n) is 7.92. The summed E-state index contributed by atoms with van der Waals surface area (Å²) in [7, 11) is 3.94. The standard InChI is InChI=1S/C39H39Cl2N9O2/c1-21-15-27(16-22(2)36(21)41)52-14-8-9-28-29-11-12-31(40)35(34-24(4)44-47(7)25(34)5)37(29)49-23(3)18-48(39(51)38(28)49)33-19-46(6)32-13-10-26(17-30(32)33)50-43-20-42-45-50/h10-13,15-17,19-20,23H,8-9,14,18H2,1-7H3/t23-/m1/s1. The summed E-state index contributed by atoms with van der Waals surface area (Å²) in [4.78, 5) is 18.5. The van der Waals surface area contributed by atoms with E-state index >= 15 is 4.79 Å². The van der Waals surface area contributed by atoms with Crippen LogP contribution < -0.4 is 9.64 Å². The molecule has 5 heterocycles. The number of carbonyl (C=O) groups excluding carboxylic acids is 1. The first-order valence-corrected chi connectivity index (χ1v) is 18.1. The monoisotopic (exact) mass is 735 g/mol. The third kappa shape index (κ3) is 5.37. The molecule has 1 aliphatic heterocycles. The maximum atomic E-state index is 15.1. The maximum Gasteiger partial charge on any atom is 0.275 e. The Morgan fingerprint density at radius 2 is 1.73 bits per heavy atom. The molecule has 1 aliphatic rings. The summed E-state index contributed by atoms with van der Waals surface area (Å²) in [6.07, 6.45) is 4.75. The lowest BCUT2D eigenvalue weighted by Crippen LogP contribution is -2.42. The molecule has 0 saturated heterocycles. The van der Waals surface area contributed by atoms with Gasteiger partial charge in [0.05, 0.1) is 39.7 Å². The first-order chi connectivity index (χ1) is 24.9. The van der Waals surface area contributed by atoms with Gasteiger partial charge >= 0.3 is 0 Å². The maximum absolute atomic E-state index is 15.1. The minimum absolute atomic E-state index is 0.0624. The summed E-state index contributed by atoms with van der Waals surface area (Å²) < 4.78 is 12.4. The van der Waals surface area contributed by atoms with Gasteiger partial charge in [0.1, 0.15) is 11.4 Å². The number of fused-ring (bicyclic) bond motifs is 4. The van der Waals surface area contributed by atoms with Crippen LogP contribution in [0.15, 0.2) is 55.0 Å². The van der Waals surface area contributed by atoms with Crippen LogP contribution in [-0.2, 0) is 20.5 Å². The topological polar surface area (TPSA) is 101 Å². The van der Waals surface area contributed by atoms with Gasteiger partial charge in [-0.15, -0.1) is 15.0 Å². The number of aromatic nitrogens is 8. The Hall–Kier alpha value is -5.13. The molecule has 8 rings (SSSR count). The van der Waals surface area contributed by atoms with Crippen LogP contribution in [0.25, 0.3) is 38.6 Å². The van der Waals surface area contributed by atoms with Crippen molar-refractivity contribution < 1.29 is 9.53 Å². The largest absolute Gasteiger partial charge is 0.494 e. The highest BCUT2D eigenvalue weighted by atomic mass is 35.5. The van der Waals surface area contributed by atoms with Crippen LogP contribution in [0.3, 0.4) is 0 Å². The number of benzene rings is 3. The first kappa shape index (κ1) is 34.0. The highest BCUT2D eigenvalue weighted by Crippen LogP contribution is 2.45. The number of halogens is 2. The Kier molecular flexibility index (Phi) is 8.38. The van der Waals surface area contributed by atoms with Crippen LogP contribution in [0.2, 0.25) is 10.0 Å². The lowest BCUT2D eigenvalue weighted by molar-refractivity contribution is 0.0957. The Morgan fingerprint density at radius 1 is 0.962 bits per heavy atom. The molecule has 52 heavy (non-hydrogen) atoms. The van der Waals surface area contributed by atoms with Crippen molar-refractivity contribution in [2.75, 3.05) is 18.1 Å². The van der Waals surface area contributed by atoms with Crippen LogP contribution in [0.1, 0.15) is 58.0 Å². The van der Waals surface area contributed by atoms with Crippen molar-refractivity contribution >= 4 is 56.6 Å². The van der Waals surface area contributed by atoms with E-state index in [4.69, 9.17) is 33.0 Å². The van der Waals surface area contributed by atoms with E-state index < -0.39 is 0 Å². The van der Waals surface area contributed by atoms with E-state index in [0.29, 0.717) is 36.7 Å². The van der Waals surface area contributed by atoms with Gasteiger partial charge in [0.15, 0.2) is 6.33 Å². The quantitative estimate of drug-likeness (QED) is 0.146. The number of hydrogen-bond donors (Lipinski definition) is 0. The van der Waals surface area contributed by atoms with Gasteiger partial charge in [-0.25, -0.2) is 0 Å². The fourth-order valence-corrected chi connectivity index (χ4v) is 8.28. The molecule has 7 aromatic rings. The van der Waals surface area contributed by atoms with Gasteiger partial charge in [-0.1, -0.05) is 29.3 Å². The van der Waals surface area contributed by atoms with Crippen molar-refractivity contribution in [1.29, 1.82) is 0 Å². The van der Waals surface area contributed by atoms with E-state index in [2.05, 4.69) is 44.5 Å². The molecule has 4 aromatic heterocycles. The van der Waals surface area contributed by atoms with Crippen LogP contribution in [-0.4, -0.2) is 58.2 Å². The molecule has 0 fully saturated rings. The first-order valence-electron chi connectivity index (χ1n) is 17.3. The number of carbonyl (C=O) groups is 1. The molecule has 0 radical (unpaired) electrons. The number of ether oxygens (including phenoxy) is 1. The summed E-state index contributed by atoms with van der Waals surface area (Å²) in [5.41, 5.74) is 10.9. The highest BCUT2D eigenvalue weighted by Gasteiger charge is 2.37. The average Bonchev–Trinajstić information content (AvgIpc) is 3.89. The predicted octanol–water partition coefficient (Wildman–Crippen LogP) is 8.28. The van der Waals surface area contributed by atoms with Crippen molar-refractivity contribution in [3.05, 3.63) is 98.8 Å². The number of nitrogens with zero attached hydrogens (tertiary/aromatic N) is 9. The lowest BCUT2D eigenvalue weighted by Gasteiger charge is -2.34. The van der Waals surface area contributed by atoms with E-state index in [-0.39, 0.29) is 11.9 Å². The molecule has 13 heteroatoms. The van der Waals surface area contributed by atoms with E-state index in [0.717, 1.165) is 83.2 Å². The lowest BCUT2D eigenvalue weighted by atomic mass is 9.98. The Morgan fingerprint density at radius 3 is 2.42 bits per heavy atom. The molecular formula is C39H39Cl2N9O2. The van der Waals surface area contributed by atoms with Gasteiger partial charge < -0.3 is 18.8 Å². The Bertz CT molecular complexity index is 2520. The van der Waals surface area contributed by atoms with E-state index in [9.17, 15) is 0 Å². The van der Waals surface area contributed by atoms with Gasteiger partial charge in [-0.05, 0) is 106 Å². The molecule has 0 unspecified atom stereocenters.